The lowest BCUT2D eigenvalue weighted by Crippen LogP contribution is -2.39. The molecule has 1 N–H and O–H groups in total. The average molecular weight is 325 g/mol. The fourth-order valence-electron chi connectivity index (χ4n) is 1.57. The Morgan fingerprint density at radius 2 is 2.16 bits per heavy atom. The van der Waals surface area contributed by atoms with E-state index in [1.165, 1.54) is 0 Å². The van der Waals surface area contributed by atoms with Gasteiger partial charge in [-0.05, 0) is 40.4 Å². The monoisotopic (exact) mass is 324 g/mol. The topological polar surface area (TPSA) is 62.1 Å². The predicted octanol–water partition coefficient (Wildman–Crippen LogP) is 2.88. The van der Waals surface area contributed by atoms with Crippen LogP contribution in [-0.4, -0.2) is 18.6 Å². The van der Waals surface area contributed by atoms with Gasteiger partial charge in [-0.2, -0.15) is 5.26 Å². The summed E-state index contributed by atoms with van der Waals surface area (Å²) in [4.78, 5) is 12.0. The van der Waals surface area contributed by atoms with Crippen LogP contribution in [0.3, 0.4) is 0 Å². The fourth-order valence-corrected chi connectivity index (χ4v) is 1.95. The zero-order valence-electron chi connectivity index (χ0n) is 11.0. The number of carbonyl (C=O) groups excluding carboxylic acids is 1. The molecule has 1 amide bonds. The van der Waals surface area contributed by atoms with Crippen molar-refractivity contribution in [1.29, 1.82) is 5.26 Å². The highest BCUT2D eigenvalue weighted by atomic mass is 79.9. The zero-order valence-corrected chi connectivity index (χ0v) is 12.6. The number of benzene rings is 1. The molecule has 0 fully saturated rings. The van der Waals surface area contributed by atoms with Crippen molar-refractivity contribution >= 4 is 21.8 Å². The first-order valence-corrected chi connectivity index (χ1v) is 6.89. The van der Waals surface area contributed by atoms with Crippen LogP contribution in [0.25, 0.3) is 0 Å². The van der Waals surface area contributed by atoms with Gasteiger partial charge in [0.25, 0.3) is 5.91 Å². The van der Waals surface area contributed by atoms with E-state index in [1.54, 1.807) is 6.07 Å². The molecular formula is C14H17BrN2O2. The number of nitrogens with one attached hydrogen (secondary N) is 1. The van der Waals surface area contributed by atoms with Crippen LogP contribution in [0.2, 0.25) is 0 Å². The van der Waals surface area contributed by atoms with Gasteiger partial charge in [0.15, 0.2) is 6.10 Å². The van der Waals surface area contributed by atoms with E-state index in [0.717, 1.165) is 4.47 Å². The molecule has 0 heterocycles. The minimum absolute atomic E-state index is 0.00719. The number of halogens is 1. The second kappa shape index (κ2) is 7.80. The van der Waals surface area contributed by atoms with Crippen LogP contribution in [0.4, 0.5) is 0 Å². The summed E-state index contributed by atoms with van der Waals surface area (Å²) in [5, 5.41) is 11.0. The maximum atomic E-state index is 12.0. The molecule has 1 aromatic carbocycles. The molecule has 0 aromatic heterocycles. The van der Waals surface area contributed by atoms with Gasteiger partial charge in [0.05, 0.1) is 10.5 Å². The Hall–Kier alpha value is -1.54. The first-order chi connectivity index (χ1) is 9.04. The van der Waals surface area contributed by atoms with Gasteiger partial charge in [-0.3, -0.25) is 4.79 Å². The van der Waals surface area contributed by atoms with Crippen LogP contribution in [0.1, 0.15) is 20.3 Å². The first-order valence-electron chi connectivity index (χ1n) is 6.10. The van der Waals surface area contributed by atoms with E-state index in [2.05, 4.69) is 21.2 Å². The zero-order chi connectivity index (χ0) is 14.3. The maximum absolute atomic E-state index is 12.0. The Balaban J connectivity index is 2.77. The van der Waals surface area contributed by atoms with Gasteiger partial charge in [-0.15, -0.1) is 0 Å². The molecular weight excluding hydrogens is 308 g/mol. The minimum Gasteiger partial charge on any atom is -0.479 e. The van der Waals surface area contributed by atoms with Gasteiger partial charge in [-0.25, -0.2) is 0 Å². The summed E-state index contributed by atoms with van der Waals surface area (Å²) in [6.07, 6.45) is 0.00514. The second-order valence-corrected chi connectivity index (χ2v) is 5.40. The van der Waals surface area contributed by atoms with Crippen LogP contribution in [0, 0.1) is 17.2 Å². The maximum Gasteiger partial charge on any atom is 0.261 e. The third kappa shape index (κ3) is 5.31. The number of carbonyl (C=O) groups is 1. The van der Waals surface area contributed by atoms with Crippen molar-refractivity contribution in [2.75, 3.05) is 6.54 Å². The lowest BCUT2D eigenvalue weighted by Gasteiger charge is -2.20. The molecule has 1 atom stereocenters. The van der Waals surface area contributed by atoms with E-state index in [9.17, 15) is 4.79 Å². The number of nitrogens with zero attached hydrogens (tertiary/aromatic N) is 1. The van der Waals surface area contributed by atoms with Crippen molar-refractivity contribution in [1.82, 2.24) is 5.32 Å². The molecule has 19 heavy (non-hydrogen) atoms. The summed E-state index contributed by atoms with van der Waals surface area (Å²) in [6.45, 7) is 4.04. The smallest absolute Gasteiger partial charge is 0.261 e. The van der Waals surface area contributed by atoms with Crippen molar-refractivity contribution in [2.45, 2.75) is 26.4 Å². The van der Waals surface area contributed by atoms with Crippen molar-refractivity contribution < 1.29 is 9.53 Å². The SMILES string of the molecule is CC(C)CC(Oc1ccccc1Br)C(=O)NCC#N. The van der Waals surface area contributed by atoms with Crippen molar-refractivity contribution in [3.63, 3.8) is 0 Å². The molecule has 0 saturated heterocycles. The molecule has 0 aliphatic heterocycles. The summed E-state index contributed by atoms with van der Waals surface area (Å²) in [5.41, 5.74) is 0. The summed E-state index contributed by atoms with van der Waals surface area (Å²) < 4.78 is 6.55. The van der Waals surface area contributed by atoms with Gasteiger partial charge >= 0.3 is 0 Å². The first kappa shape index (κ1) is 15.5. The number of hydrogen-bond donors (Lipinski definition) is 1. The van der Waals surface area contributed by atoms with E-state index in [-0.39, 0.29) is 12.5 Å². The highest BCUT2D eigenvalue weighted by Gasteiger charge is 2.22. The molecule has 0 bridgehead atoms. The molecule has 5 heteroatoms. The number of hydrogen-bond acceptors (Lipinski definition) is 3. The van der Waals surface area contributed by atoms with E-state index in [0.29, 0.717) is 18.1 Å². The van der Waals surface area contributed by atoms with Gasteiger partial charge in [-0.1, -0.05) is 26.0 Å². The van der Waals surface area contributed by atoms with Crippen molar-refractivity contribution in [3.05, 3.63) is 28.7 Å². The molecule has 102 valence electrons. The van der Waals surface area contributed by atoms with Gasteiger partial charge < -0.3 is 10.1 Å². The molecule has 1 rings (SSSR count). The fraction of sp³-hybridized carbons (Fsp3) is 0.429. The highest BCUT2D eigenvalue weighted by Crippen LogP contribution is 2.26. The Bertz CT molecular complexity index is 469. The lowest BCUT2D eigenvalue weighted by molar-refractivity contribution is -0.128. The molecule has 1 aromatic rings. The number of ether oxygens (including phenoxy) is 1. The minimum atomic E-state index is -0.591. The van der Waals surface area contributed by atoms with Crippen LogP contribution < -0.4 is 10.1 Å². The molecule has 0 radical (unpaired) electrons. The van der Waals surface area contributed by atoms with Gasteiger partial charge in [0, 0.05) is 0 Å². The molecule has 0 aliphatic rings. The third-order valence-electron chi connectivity index (χ3n) is 2.43. The quantitative estimate of drug-likeness (QED) is 0.818. The standard InChI is InChI=1S/C14H17BrN2O2/c1-10(2)9-13(14(18)17-8-7-16)19-12-6-4-3-5-11(12)15/h3-6,10,13H,8-9H2,1-2H3,(H,17,18). The molecule has 1 unspecified atom stereocenters. The number of nitriles is 1. The summed E-state index contributed by atoms with van der Waals surface area (Å²) in [7, 11) is 0. The van der Waals surface area contributed by atoms with Gasteiger partial charge in [0.2, 0.25) is 0 Å². The Labute approximate surface area is 121 Å². The number of para-hydroxylation sites is 1. The highest BCUT2D eigenvalue weighted by molar-refractivity contribution is 9.10. The number of rotatable bonds is 6. The normalized spacial score (nSPS) is 11.7. The van der Waals surface area contributed by atoms with Crippen LogP contribution in [0.5, 0.6) is 5.75 Å². The Morgan fingerprint density at radius 1 is 1.47 bits per heavy atom. The largest absolute Gasteiger partial charge is 0.479 e. The Kier molecular flexibility index (Phi) is 6.37. The lowest BCUT2D eigenvalue weighted by atomic mass is 10.1. The summed E-state index contributed by atoms with van der Waals surface area (Å²) in [5.74, 6) is 0.687. The van der Waals surface area contributed by atoms with E-state index in [4.69, 9.17) is 10.00 Å². The van der Waals surface area contributed by atoms with Crippen molar-refractivity contribution in [3.8, 4) is 11.8 Å². The van der Waals surface area contributed by atoms with E-state index >= 15 is 0 Å². The van der Waals surface area contributed by atoms with Crippen molar-refractivity contribution in [2.24, 2.45) is 5.92 Å². The molecule has 0 spiro atoms. The molecule has 0 aliphatic carbocycles. The average Bonchev–Trinajstić information content (AvgIpc) is 2.37. The van der Waals surface area contributed by atoms with Crippen LogP contribution in [0.15, 0.2) is 28.7 Å². The van der Waals surface area contributed by atoms with Crippen LogP contribution in [-0.2, 0) is 4.79 Å². The Morgan fingerprint density at radius 3 is 2.74 bits per heavy atom. The third-order valence-corrected chi connectivity index (χ3v) is 3.08. The van der Waals surface area contributed by atoms with Gasteiger partial charge in [0.1, 0.15) is 12.3 Å². The predicted molar refractivity (Wildman–Crippen MR) is 76.6 cm³/mol. The van der Waals surface area contributed by atoms with Crippen LogP contribution >= 0.6 is 15.9 Å². The summed E-state index contributed by atoms with van der Waals surface area (Å²) in [6, 6.07) is 9.27. The summed E-state index contributed by atoms with van der Waals surface area (Å²) >= 11 is 3.38. The second-order valence-electron chi connectivity index (χ2n) is 4.54. The van der Waals surface area contributed by atoms with E-state index < -0.39 is 6.10 Å². The number of amides is 1. The van der Waals surface area contributed by atoms with E-state index in [1.807, 2.05) is 38.1 Å². The molecule has 4 nitrogen and oxygen atoms in total. The molecule has 0 saturated carbocycles.